The number of urea groups is 1. The lowest BCUT2D eigenvalue weighted by Crippen LogP contribution is -2.53. The van der Waals surface area contributed by atoms with Gasteiger partial charge in [0.05, 0.1) is 6.54 Å². The first kappa shape index (κ1) is 20.4. The van der Waals surface area contributed by atoms with E-state index in [0.29, 0.717) is 31.8 Å². The van der Waals surface area contributed by atoms with E-state index in [9.17, 15) is 19.5 Å². The van der Waals surface area contributed by atoms with Gasteiger partial charge in [-0.25, -0.2) is 4.79 Å². The molecule has 8 nitrogen and oxygen atoms in total. The van der Waals surface area contributed by atoms with Gasteiger partial charge in [0.15, 0.2) is 0 Å². The summed E-state index contributed by atoms with van der Waals surface area (Å²) in [5.74, 6) is 0.0585. The third kappa shape index (κ3) is 4.05. The molecule has 1 aromatic carbocycles. The first-order valence-electron chi connectivity index (χ1n) is 10.5. The number of hydrogen-bond donors (Lipinski definition) is 3. The van der Waals surface area contributed by atoms with E-state index in [1.54, 1.807) is 12.1 Å². The Hall–Kier alpha value is -2.87. The summed E-state index contributed by atoms with van der Waals surface area (Å²) in [4.78, 5) is 39.6. The molecular weight excluding hydrogens is 384 g/mol. The Balaban J connectivity index is 1.31. The molecule has 160 valence electrons. The van der Waals surface area contributed by atoms with Crippen LogP contribution in [0.3, 0.4) is 0 Å². The lowest BCUT2D eigenvalue weighted by Gasteiger charge is -2.33. The van der Waals surface area contributed by atoms with Crippen LogP contribution in [-0.2, 0) is 9.59 Å². The van der Waals surface area contributed by atoms with Crippen molar-refractivity contribution in [2.24, 2.45) is 5.92 Å². The van der Waals surface area contributed by atoms with Crippen LogP contribution < -0.4 is 10.7 Å². The zero-order chi connectivity index (χ0) is 21.3. The summed E-state index contributed by atoms with van der Waals surface area (Å²) in [5, 5.41) is 13.1. The highest BCUT2D eigenvalue weighted by atomic mass is 16.3. The number of rotatable bonds is 4. The fraction of sp³-hybridized carbons (Fsp3) is 0.500. The Bertz CT molecular complexity index is 872. The minimum absolute atomic E-state index is 0.112. The zero-order valence-electron chi connectivity index (χ0n) is 17.2. The number of nitrogens with one attached hydrogen (secondary N) is 2. The first-order chi connectivity index (χ1) is 14.4. The number of amides is 4. The average molecular weight is 412 g/mol. The molecule has 2 fully saturated rings. The summed E-state index contributed by atoms with van der Waals surface area (Å²) in [6, 6.07) is 6.53. The topological polar surface area (TPSA) is 102 Å². The van der Waals surface area contributed by atoms with Gasteiger partial charge in [0.25, 0.3) is 11.8 Å². The number of carbonyl (C=O) groups is 3. The highest BCUT2D eigenvalue weighted by Crippen LogP contribution is 2.35. The Labute approximate surface area is 175 Å². The number of hydrazine groups is 1. The van der Waals surface area contributed by atoms with Crippen molar-refractivity contribution in [3.8, 4) is 5.75 Å². The number of aromatic hydroxyl groups is 1. The van der Waals surface area contributed by atoms with Gasteiger partial charge in [-0.05, 0) is 61.3 Å². The summed E-state index contributed by atoms with van der Waals surface area (Å²) in [5.41, 5.74) is 3.88. The van der Waals surface area contributed by atoms with Crippen LogP contribution in [0.5, 0.6) is 5.75 Å². The standard InChI is InChI=1S/C22H28N4O4/c1-15-6-10-22(11-7-15)20(29)26(21(30)23-22)24-19(28)14-25-12-8-17(9-13-25)16-2-4-18(27)5-3-16/h2-5,8,15,27H,6-7,9-14H2,1H3,(H,23,30)(H,24,28). The van der Waals surface area contributed by atoms with Gasteiger partial charge in [-0.1, -0.05) is 25.1 Å². The third-order valence-electron chi connectivity index (χ3n) is 6.42. The van der Waals surface area contributed by atoms with E-state index in [1.807, 2.05) is 17.0 Å². The van der Waals surface area contributed by atoms with E-state index in [0.717, 1.165) is 29.8 Å². The molecule has 2 heterocycles. The van der Waals surface area contributed by atoms with Crippen molar-refractivity contribution in [2.45, 2.75) is 44.6 Å². The van der Waals surface area contributed by atoms with Crippen molar-refractivity contribution in [1.82, 2.24) is 20.7 Å². The lowest BCUT2D eigenvalue weighted by atomic mass is 9.77. The van der Waals surface area contributed by atoms with E-state index in [-0.39, 0.29) is 24.1 Å². The number of benzene rings is 1. The fourth-order valence-corrected chi connectivity index (χ4v) is 4.47. The predicted octanol–water partition coefficient (Wildman–Crippen LogP) is 2.01. The molecule has 0 aromatic heterocycles. The average Bonchev–Trinajstić information content (AvgIpc) is 2.96. The highest BCUT2D eigenvalue weighted by molar-refractivity contribution is 6.08. The molecule has 30 heavy (non-hydrogen) atoms. The molecule has 1 aliphatic carbocycles. The normalized spacial score (nSPS) is 27.2. The van der Waals surface area contributed by atoms with Crippen molar-refractivity contribution in [1.29, 1.82) is 0 Å². The Morgan fingerprint density at radius 2 is 1.93 bits per heavy atom. The first-order valence-corrected chi connectivity index (χ1v) is 10.5. The van der Waals surface area contributed by atoms with Gasteiger partial charge in [-0.2, -0.15) is 5.01 Å². The Morgan fingerprint density at radius 3 is 2.57 bits per heavy atom. The van der Waals surface area contributed by atoms with Crippen molar-refractivity contribution in [3.05, 3.63) is 35.9 Å². The largest absolute Gasteiger partial charge is 0.508 e. The van der Waals surface area contributed by atoms with Crippen LogP contribution >= 0.6 is 0 Å². The van der Waals surface area contributed by atoms with Gasteiger partial charge >= 0.3 is 6.03 Å². The van der Waals surface area contributed by atoms with E-state index >= 15 is 0 Å². The molecule has 0 radical (unpaired) electrons. The molecule has 4 rings (SSSR count). The summed E-state index contributed by atoms with van der Waals surface area (Å²) >= 11 is 0. The molecule has 1 saturated heterocycles. The second-order valence-electron chi connectivity index (χ2n) is 8.63. The van der Waals surface area contributed by atoms with E-state index < -0.39 is 11.6 Å². The fourth-order valence-electron chi connectivity index (χ4n) is 4.47. The zero-order valence-corrected chi connectivity index (χ0v) is 17.2. The highest BCUT2D eigenvalue weighted by Gasteiger charge is 2.52. The minimum Gasteiger partial charge on any atom is -0.508 e. The number of phenolic OH excluding ortho intramolecular Hbond substituents is 1. The number of phenols is 1. The van der Waals surface area contributed by atoms with Gasteiger partial charge in [-0.15, -0.1) is 0 Å². The van der Waals surface area contributed by atoms with Gasteiger partial charge in [0.1, 0.15) is 11.3 Å². The van der Waals surface area contributed by atoms with Crippen LogP contribution in [0.25, 0.3) is 5.57 Å². The maximum Gasteiger partial charge on any atom is 0.344 e. The van der Waals surface area contributed by atoms with Crippen molar-refractivity contribution in [3.63, 3.8) is 0 Å². The maximum atomic E-state index is 12.8. The number of hydrogen-bond acceptors (Lipinski definition) is 5. The molecule has 1 spiro atoms. The third-order valence-corrected chi connectivity index (χ3v) is 6.42. The molecule has 1 saturated carbocycles. The van der Waals surface area contributed by atoms with E-state index in [4.69, 9.17) is 0 Å². The lowest BCUT2D eigenvalue weighted by molar-refractivity contribution is -0.140. The monoisotopic (exact) mass is 412 g/mol. The predicted molar refractivity (Wildman–Crippen MR) is 111 cm³/mol. The van der Waals surface area contributed by atoms with Crippen LogP contribution in [0.2, 0.25) is 0 Å². The maximum absolute atomic E-state index is 12.8. The molecule has 1 aromatic rings. The molecule has 0 atom stereocenters. The van der Waals surface area contributed by atoms with Crippen molar-refractivity contribution >= 4 is 23.4 Å². The van der Waals surface area contributed by atoms with Gasteiger partial charge in [0.2, 0.25) is 0 Å². The van der Waals surface area contributed by atoms with E-state index in [1.165, 1.54) is 5.57 Å². The Kier molecular flexibility index (Phi) is 5.51. The van der Waals surface area contributed by atoms with Crippen LogP contribution in [0.15, 0.2) is 30.3 Å². The smallest absolute Gasteiger partial charge is 0.344 e. The second kappa shape index (κ2) is 8.10. The van der Waals surface area contributed by atoms with Gasteiger partial charge < -0.3 is 10.4 Å². The van der Waals surface area contributed by atoms with E-state index in [2.05, 4.69) is 23.7 Å². The van der Waals surface area contributed by atoms with Crippen LogP contribution in [-0.4, -0.2) is 58.0 Å². The molecule has 8 heteroatoms. The quantitative estimate of drug-likeness (QED) is 0.657. The van der Waals surface area contributed by atoms with Crippen LogP contribution in [0.1, 0.15) is 44.6 Å². The molecule has 2 aliphatic heterocycles. The summed E-state index contributed by atoms with van der Waals surface area (Å²) < 4.78 is 0. The number of carbonyl (C=O) groups excluding carboxylic acids is 3. The molecule has 3 N–H and O–H groups in total. The van der Waals surface area contributed by atoms with Gasteiger partial charge in [0, 0.05) is 13.1 Å². The summed E-state index contributed by atoms with van der Waals surface area (Å²) in [6.45, 7) is 3.56. The SMILES string of the molecule is CC1CCC2(CC1)NC(=O)N(NC(=O)CN1CC=C(c3ccc(O)cc3)CC1)C2=O. The van der Waals surface area contributed by atoms with Crippen molar-refractivity contribution in [2.75, 3.05) is 19.6 Å². The summed E-state index contributed by atoms with van der Waals surface area (Å²) in [7, 11) is 0. The molecular formula is C22H28N4O4. The van der Waals surface area contributed by atoms with Gasteiger partial charge in [-0.3, -0.25) is 19.9 Å². The molecule has 4 amide bonds. The number of nitrogens with zero attached hydrogens (tertiary/aromatic N) is 2. The number of imide groups is 1. The Morgan fingerprint density at radius 1 is 1.23 bits per heavy atom. The second-order valence-corrected chi connectivity index (χ2v) is 8.63. The van der Waals surface area contributed by atoms with Crippen molar-refractivity contribution < 1.29 is 19.5 Å². The summed E-state index contributed by atoms with van der Waals surface area (Å²) in [6.07, 6.45) is 5.84. The minimum atomic E-state index is -0.857. The van der Waals surface area contributed by atoms with Crippen LogP contribution in [0.4, 0.5) is 4.79 Å². The molecule has 0 unspecified atom stereocenters. The van der Waals surface area contributed by atoms with Crippen LogP contribution in [0, 0.1) is 5.92 Å². The molecule has 0 bridgehead atoms. The molecule has 3 aliphatic rings.